The molecule has 0 aromatic heterocycles. The minimum atomic E-state index is 0.0556. The van der Waals surface area contributed by atoms with Gasteiger partial charge in [-0.05, 0) is 40.5 Å². The molecule has 0 spiro atoms. The number of hydrogen-bond donors (Lipinski definition) is 0. The second-order valence-electron chi connectivity index (χ2n) is 9.26. The minimum Gasteiger partial charge on any atom is -0.489 e. The zero-order valence-corrected chi connectivity index (χ0v) is 20.9. The van der Waals surface area contributed by atoms with Crippen LogP contribution in [0.5, 0.6) is 5.75 Å². The van der Waals surface area contributed by atoms with Crippen molar-refractivity contribution in [3.63, 3.8) is 0 Å². The third kappa shape index (κ3) is 6.54. The quantitative estimate of drug-likeness (QED) is 0.276. The molecule has 0 bridgehead atoms. The number of nitrogens with zero attached hydrogens (tertiary/aromatic N) is 2. The molecule has 0 saturated carbocycles. The number of benzene rings is 4. The fraction of sp³-hybridized carbons (Fsp3) is 0.182. The molecule has 0 atom stereocenters. The van der Waals surface area contributed by atoms with Gasteiger partial charge in [0.2, 0.25) is 5.91 Å². The summed E-state index contributed by atoms with van der Waals surface area (Å²) in [5.74, 6) is 0.870. The first-order valence-electron chi connectivity index (χ1n) is 12.8. The zero-order valence-electron chi connectivity index (χ0n) is 20.9. The standard InChI is InChI=1S/C33H32N2O2/c36-32(21-18-27-16-19-31(20-17-27)37-26-28-10-4-1-5-11-28)34-22-24-35(25-23-34)33(29-12-6-2-7-13-29)30-14-8-3-9-15-30/h1-21,33H,22-26H2. The first kappa shape index (κ1) is 24.5. The largest absolute Gasteiger partial charge is 0.489 e. The summed E-state index contributed by atoms with van der Waals surface area (Å²) in [4.78, 5) is 17.3. The van der Waals surface area contributed by atoms with Crippen LogP contribution >= 0.6 is 0 Å². The maximum absolute atomic E-state index is 12.9. The summed E-state index contributed by atoms with van der Waals surface area (Å²) in [5, 5.41) is 0. The molecule has 0 N–H and O–H groups in total. The summed E-state index contributed by atoms with van der Waals surface area (Å²) in [5.41, 5.74) is 4.68. The minimum absolute atomic E-state index is 0.0556. The topological polar surface area (TPSA) is 32.8 Å². The van der Waals surface area contributed by atoms with Crippen LogP contribution in [0.2, 0.25) is 0 Å². The molecule has 4 nitrogen and oxygen atoms in total. The van der Waals surface area contributed by atoms with Crippen LogP contribution in [0.15, 0.2) is 121 Å². The molecule has 1 aliphatic heterocycles. The molecular formula is C33H32N2O2. The first-order chi connectivity index (χ1) is 18.3. The van der Waals surface area contributed by atoms with E-state index in [1.807, 2.05) is 65.6 Å². The molecule has 1 saturated heterocycles. The van der Waals surface area contributed by atoms with Crippen LogP contribution in [0.3, 0.4) is 0 Å². The van der Waals surface area contributed by atoms with Crippen molar-refractivity contribution in [3.8, 4) is 5.75 Å². The number of ether oxygens (including phenoxy) is 1. The van der Waals surface area contributed by atoms with Crippen LogP contribution in [0, 0.1) is 0 Å². The lowest BCUT2D eigenvalue weighted by atomic mass is 9.96. The maximum Gasteiger partial charge on any atom is 0.246 e. The van der Waals surface area contributed by atoms with Crippen molar-refractivity contribution < 1.29 is 9.53 Å². The van der Waals surface area contributed by atoms with Gasteiger partial charge in [-0.15, -0.1) is 0 Å². The van der Waals surface area contributed by atoms with E-state index in [4.69, 9.17) is 4.74 Å². The highest BCUT2D eigenvalue weighted by atomic mass is 16.5. The molecule has 4 heteroatoms. The molecule has 5 rings (SSSR count). The van der Waals surface area contributed by atoms with E-state index >= 15 is 0 Å². The van der Waals surface area contributed by atoms with E-state index in [-0.39, 0.29) is 11.9 Å². The van der Waals surface area contributed by atoms with E-state index in [1.54, 1.807) is 6.08 Å². The van der Waals surface area contributed by atoms with Gasteiger partial charge in [0.1, 0.15) is 12.4 Å². The Kier molecular flexibility index (Phi) is 8.09. The Morgan fingerprint density at radius 2 is 1.24 bits per heavy atom. The van der Waals surface area contributed by atoms with Gasteiger partial charge >= 0.3 is 0 Å². The SMILES string of the molecule is O=C(C=Cc1ccc(OCc2ccccc2)cc1)N1CCN(C(c2ccccc2)c2ccccc2)CC1. The Labute approximate surface area is 219 Å². The van der Waals surface area contributed by atoms with Crippen molar-refractivity contribution in [2.24, 2.45) is 0 Å². The van der Waals surface area contributed by atoms with E-state index in [2.05, 4.69) is 65.6 Å². The second kappa shape index (κ2) is 12.2. The number of carbonyl (C=O) groups is 1. The number of amides is 1. The van der Waals surface area contributed by atoms with E-state index < -0.39 is 0 Å². The Morgan fingerprint density at radius 1 is 0.703 bits per heavy atom. The van der Waals surface area contributed by atoms with E-state index in [1.165, 1.54) is 11.1 Å². The predicted molar refractivity (Wildman–Crippen MR) is 149 cm³/mol. The monoisotopic (exact) mass is 488 g/mol. The van der Waals surface area contributed by atoms with Crippen molar-refractivity contribution in [2.75, 3.05) is 26.2 Å². The van der Waals surface area contributed by atoms with Crippen LogP contribution in [0.4, 0.5) is 0 Å². The first-order valence-corrected chi connectivity index (χ1v) is 12.8. The number of carbonyl (C=O) groups excluding carboxylic acids is 1. The fourth-order valence-corrected chi connectivity index (χ4v) is 4.77. The molecule has 37 heavy (non-hydrogen) atoms. The predicted octanol–water partition coefficient (Wildman–Crippen LogP) is 6.21. The number of piperazine rings is 1. The summed E-state index contributed by atoms with van der Waals surface area (Å²) >= 11 is 0. The summed E-state index contributed by atoms with van der Waals surface area (Å²) in [6.07, 6.45) is 3.56. The summed E-state index contributed by atoms with van der Waals surface area (Å²) in [7, 11) is 0. The highest BCUT2D eigenvalue weighted by Crippen LogP contribution is 2.29. The van der Waals surface area contributed by atoms with E-state index in [0.717, 1.165) is 30.0 Å². The molecule has 1 heterocycles. The van der Waals surface area contributed by atoms with Crippen molar-refractivity contribution in [1.82, 2.24) is 9.80 Å². The van der Waals surface area contributed by atoms with Gasteiger partial charge in [0.25, 0.3) is 0 Å². The summed E-state index contributed by atoms with van der Waals surface area (Å²) in [6.45, 7) is 3.63. The Morgan fingerprint density at radius 3 is 1.81 bits per heavy atom. The van der Waals surface area contributed by atoms with Gasteiger partial charge in [0.15, 0.2) is 0 Å². The lowest BCUT2D eigenvalue weighted by Crippen LogP contribution is -2.49. The fourth-order valence-electron chi connectivity index (χ4n) is 4.77. The van der Waals surface area contributed by atoms with E-state index in [0.29, 0.717) is 19.7 Å². The molecule has 1 amide bonds. The number of rotatable bonds is 8. The van der Waals surface area contributed by atoms with Crippen molar-refractivity contribution in [2.45, 2.75) is 12.6 Å². The lowest BCUT2D eigenvalue weighted by molar-refractivity contribution is -0.127. The van der Waals surface area contributed by atoms with Gasteiger partial charge in [0, 0.05) is 32.3 Å². The highest BCUT2D eigenvalue weighted by molar-refractivity contribution is 5.91. The third-order valence-corrected chi connectivity index (χ3v) is 6.77. The molecule has 0 unspecified atom stereocenters. The normalized spacial score (nSPS) is 14.2. The molecule has 4 aromatic rings. The third-order valence-electron chi connectivity index (χ3n) is 6.77. The Bertz CT molecular complexity index is 1240. The van der Waals surface area contributed by atoms with Crippen molar-refractivity contribution >= 4 is 12.0 Å². The van der Waals surface area contributed by atoms with Crippen LogP contribution in [-0.2, 0) is 11.4 Å². The van der Waals surface area contributed by atoms with Gasteiger partial charge in [-0.1, -0.05) is 103 Å². The summed E-state index contributed by atoms with van der Waals surface area (Å²) < 4.78 is 5.86. The lowest BCUT2D eigenvalue weighted by Gasteiger charge is -2.39. The Balaban J connectivity index is 1.16. The molecule has 1 aliphatic rings. The van der Waals surface area contributed by atoms with Gasteiger partial charge in [-0.3, -0.25) is 9.69 Å². The molecule has 4 aromatic carbocycles. The average Bonchev–Trinajstić information content (AvgIpc) is 2.97. The summed E-state index contributed by atoms with van der Waals surface area (Å²) in [6, 6.07) is 39.4. The van der Waals surface area contributed by atoms with Crippen LogP contribution in [0.1, 0.15) is 28.3 Å². The van der Waals surface area contributed by atoms with E-state index in [9.17, 15) is 4.79 Å². The van der Waals surface area contributed by atoms with Crippen LogP contribution in [0.25, 0.3) is 6.08 Å². The van der Waals surface area contributed by atoms with Gasteiger partial charge < -0.3 is 9.64 Å². The Hall–Kier alpha value is -4.15. The molecular weight excluding hydrogens is 456 g/mol. The zero-order chi connectivity index (χ0) is 25.3. The van der Waals surface area contributed by atoms with Gasteiger partial charge in [-0.2, -0.15) is 0 Å². The molecule has 0 aliphatic carbocycles. The van der Waals surface area contributed by atoms with Crippen LogP contribution in [-0.4, -0.2) is 41.9 Å². The van der Waals surface area contributed by atoms with Gasteiger partial charge in [0.05, 0.1) is 6.04 Å². The second-order valence-corrected chi connectivity index (χ2v) is 9.26. The van der Waals surface area contributed by atoms with Gasteiger partial charge in [-0.25, -0.2) is 0 Å². The average molecular weight is 489 g/mol. The number of hydrogen-bond acceptors (Lipinski definition) is 3. The van der Waals surface area contributed by atoms with Crippen molar-refractivity contribution in [3.05, 3.63) is 144 Å². The maximum atomic E-state index is 12.9. The highest BCUT2D eigenvalue weighted by Gasteiger charge is 2.27. The smallest absolute Gasteiger partial charge is 0.246 e. The van der Waals surface area contributed by atoms with Crippen molar-refractivity contribution in [1.29, 1.82) is 0 Å². The molecule has 1 fully saturated rings. The molecule has 0 radical (unpaired) electrons. The molecule has 186 valence electrons. The van der Waals surface area contributed by atoms with Crippen LogP contribution < -0.4 is 4.74 Å².